The number of nitrogens with one attached hydrogen (secondary N) is 2. The van der Waals surface area contributed by atoms with Crippen molar-refractivity contribution in [2.75, 3.05) is 0 Å². The lowest BCUT2D eigenvalue weighted by molar-refractivity contribution is -0.144. The maximum atomic E-state index is 14.1. The van der Waals surface area contributed by atoms with Crippen molar-refractivity contribution in [1.29, 1.82) is 0 Å². The van der Waals surface area contributed by atoms with Gasteiger partial charge in [-0.05, 0) is 49.8 Å². The van der Waals surface area contributed by atoms with Crippen LogP contribution in [0.3, 0.4) is 0 Å². The molecule has 0 aliphatic heterocycles. The lowest BCUT2D eigenvalue weighted by Crippen LogP contribution is -2.30. The normalized spacial score (nSPS) is 17.5. The Labute approximate surface area is 245 Å². The molecule has 0 radical (unpaired) electrons. The predicted molar refractivity (Wildman–Crippen MR) is 141 cm³/mol. The van der Waals surface area contributed by atoms with E-state index in [1.165, 1.54) is 0 Å². The predicted octanol–water partition coefficient (Wildman–Crippen LogP) is 6.07. The second-order valence-electron chi connectivity index (χ2n) is 11.1. The van der Waals surface area contributed by atoms with Crippen molar-refractivity contribution >= 4 is 22.8 Å². The molecule has 242 valence electrons. The van der Waals surface area contributed by atoms with Crippen molar-refractivity contribution in [3.05, 3.63) is 41.0 Å². The van der Waals surface area contributed by atoms with E-state index in [-0.39, 0.29) is 43.0 Å². The van der Waals surface area contributed by atoms with Crippen LogP contribution in [-0.4, -0.2) is 55.1 Å². The van der Waals surface area contributed by atoms with Crippen molar-refractivity contribution in [1.82, 2.24) is 30.3 Å². The number of aromatic nitrogens is 5. The first-order valence-electron chi connectivity index (χ1n) is 14.0. The van der Waals surface area contributed by atoms with Gasteiger partial charge in [0.2, 0.25) is 11.8 Å². The number of aryl methyl sites for hydroxylation is 1. The van der Waals surface area contributed by atoms with Crippen LogP contribution in [0.1, 0.15) is 97.8 Å². The largest absolute Gasteiger partial charge is 0.389 e. The molecule has 0 saturated heterocycles. The topological polar surface area (TPSA) is 132 Å². The van der Waals surface area contributed by atoms with E-state index in [4.69, 9.17) is 5.73 Å². The van der Waals surface area contributed by atoms with Crippen LogP contribution in [0.15, 0.2) is 18.2 Å². The van der Waals surface area contributed by atoms with Crippen LogP contribution in [0.25, 0.3) is 11.0 Å². The van der Waals surface area contributed by atoms with Gasteiger partial charge in [-0.15, -0.1) is 5.10 Å². The van der Waals surface area contributed by atoms with E-state index < -0.39 is 80.1 Å². The molecule has 1 aliphatic carbocycles. The molecule has 0 bridgehead atoms. The summed E-state index contributed by atoms with van der Waals surface area (Å²) >= 11 is 0. The van der Waals surface area contributed by atoms with E-state index in [0.717, 1.165) is 4.80 Å². The lowest BCUT2D eigenvalue weighted by Gasteiger charge is -2.32. The van der Waals surface area contributed by atoms with Gasteiger partial charge in [0.05, 0.1) is 36.0 Å². The number of rotatable bonds is 11. The Morgan fingerprint density at radius 3 is 2.36 bits per heavy atom. The zero-order chi connectivity index (χ0) is 32.4. The molecule has 4 N–H and O–H groups in total. The van der Waals surface area contributed by atoms with Crippen LogP contribution in [0.2, 0.25) is 0 Å². The van der Waals surface area contributed by atoms with Gasteiger partial charge in [0.1, 0.15) is 11.5 Å². The van der Waals surface area contributed by atoms with Crippen molar-refractivity contribution in [3.63, 3.8) is 0 Å². The van der Waals surface area contributed by atoms with Crippen molar-refractivity contribution in [2.45, 2.75) is 95.1 Å². The smallest absolute Gasteiger partial charge is 0.364 e. The summed E-state index contributed by atoms with van der Waals surface area (Å²) < 4.78 is 104. The molecule has 9 nitrogen and oxygen atoms in total. The van der Waals surface area contributed by atoms with Gasteiger partial charge in [0.25, 0.3) is 5.91 Å². The highest BCUT2D eigenvalue weighted by molar-refractivity contribution is 5.92. The third kappa shape index (κ3) is 8.65. The van der Waals surface area contributed by atoms with Gasteiger partial charge < -0.3 is 16.0 Å². The van der Waals surface area contributed by atoms with Crippen LogP contribution < -0.4 is 11.1 Å². The molecule has 2 aromatic heterocycles. The van der Waals surface area contributed by atoms with E-state index >= 15 is 0 Å². The number of primary amides is 1. The summed E-state index contributed by atoms with van der Waals surface area (Å²) in [5.41, 5.74) is 6.64. The Hall–Kier alpha value is -3.79. The van der Waals surface area contributed by atoms with Crippen molar-refractivity contribution < 1.29 is 44.7 Å². The molecule has 3 aromatic rings. The SMILES string of the molecule is C[C@@H](NC(=O)CCC(F)(F)F)c1ccc2nc([C@H](c3nn(CCCC(F)(F)F)nc3C(N)=O)C3CCC(F)(F)CC3)[nH]c2c1. The van der Waals surface area contributed by atoms with E-state index in [0.29, 0.717) is 16.6 Å². The Morgan fingerprint density at radius 2 is 1.75 bits per heavy atom. The number of carbonyl (C=O) groups is 2. The van der Waals surface area contributed by atoms with E-state index in [1.54, 1.807) is 25.1 Å². The van der Waals surface area contributed by atoms with Gasteiger partial charge in [0.15, 0.2) is 5.69 Å². The Bertz CT molecular complexity index is 1470. The molecule has 0 unspecified atom stereocenters. The zero-order valence-electron chi connectivity index (χ0n) is 23.5. The summed E-state index contributed by atoms with van der Waals surface area (Å²) in [6.07, 6.45) is -13.2. The fraction of sp³-hybridized carbons (Fsp3) is 0.593. The Kier molecular flexibility index (Phi) is 9.54. The van der Waals surface area contributed by atoms with Crippen LogP contribution in [-0.2, 0) is 11.3 Å². The third-order valence-corrected chi connectivity index (χ3v) is 7.59. The fourth-order valence-electron chi connectivity index (χ4n) is 5.35. The van der Waals surface area contributed by atoms with Crippen molar-refractivity contribution in [2.24, 2.45) is 11.7 Å². The second kappa shape index (κ2) is 12.7. The number of nitrogens with two attached hydrogens (primary N) is 1. The standard InChI is InChI=1S/C27H31F8N7O2/c1-14(37-19(43)7-11-27(33,34)35)16-3-4-17-18(13-16)39-24(38-17)20(15-5-9-25(28,29)10-6-15)21-22(23(36)44)41-42(40-21)12-2-8-26(30,31)32/h3-4,13-15,20H,2,5-12H2,1H3,(H2,36,44)(H,37,43)(H,38,39)/t14-,20+/m1/s1. The number of H-pyrrole nitrogens is 1. The third-order valence-electron chi connectivity index (χ3n) is 7.59. The molecule has 44 heavy (non-hydrogen) atoms. The molecule has 17 heteroatoms. The quantitative estimate of drug-likeness (QED) is 0.220. The first kappa shape index (κ1) is 33.1. The monoisotopic (exact) mass is 637 g/mol. The highest BCUT2D eigenvalue weighted by Gasteiger charge is 2.42. The first-order chi connectivity index (χ1) is 20.4. The van der Waals surface area contributed by atoms with Gasteiger partial charge in [-0.25, -0.2) is 13.8 Å². The molecular weight excluding hydrogens is 606 g/mol. The summed E-state index contributed by atoms with van der Waals surface area (Å²) in [7, 11) is 0. The summed E-state index contributed by atoms with van der Waals surface area (Å²) in [6.45, 7) is 1.32. The molecule has 1 fully saturated rings. The minimum atomic E-state index is -4.47. The number of carbonyl (C=O) groups excluding carboxylic acids is 2. The van der Waals surface area contributed by atoms with E-state index in [1.807, 2.05) is 0 Å². The molecule has 2 atom stereocenters. The first-order valence-corrected chi connectivity index (χ1v) is 14.0. The molecule has 2 amide bonds. The van der Waals surface area contributed by atoms with Crippen LogP contribution in [0, 0.1) is 5.92 Å². The summed E-state index contributed by atoms with van der Waals surface area (Å²) in [5, 5.41) is 10.8. The summed E-state index contributed by atoms with van der Waals surface area (Å²) in [6, 6.07) is 4.17. The molecular formula is C27H31F8N7O2. The van der Waals surface area contributed by atoms with Crippen molar-refractivity contribution in [3.8, 4) is 0 Å². The minimum absolute atomic E-state index is 0.00398. The maximum absolute atomic E-state index is 14.1. The summed E-state index contributed by atoms with van der Waals surface area (Å²) in [4.78, 5) is 33.0. The molecule has 1 aliphatic rings. The van der Waals surface area contributed by atoms with Gasteiger partial charge in [-0.3, -0.25) is 9.59 Å². The minimum Gasteiger partial charge on any atom is -0.364 e. The van der Waals surface area contributed by atoms with Crippen LogP contribution in [0.5, 0.6) is 0 Å². The molecule has 1 saturated carbocycles. The molecule has 2 heterocycles. The van der Waals surface area contributed by atoms with Crippen LogP contribution in [0.4, 0.5) is 35.1 Å². The van der Waals surface area contributed by atoms with Gasteiger partial charge in [-0.2, -0.15) is 36.2 Å². The number of hydrogen-bond donors (Lipinski definition) is 3. The van der Waals surface area contributed by atoms with Gasteiger partial charge in [0, 0.05) is 25.7 Å². The summed E-state index contributed by atoms with van der Waals surface area (Å²) in [5.74, 6) is -5.82. The second-order valence-corrected chi connectivity index (χ2v) is 11.1. The van der Waals surface area contributed by atoms with Crippen LogP contribution >= 0.6 is 0 Å². The van der Waals surface area contributed by atoms with E-state index in [2.05, 4.69) is 25.5 Å². The van der Waals surface area contributed by atoms with Gasteiger partial charge >= 0.3 is 12.4 Å². The highest BCUT2D eigenvalue weighted by Crippen LogP contribution is 2.45. The Balaban J connectivity index is 1.65. The number of alkyl halides is 8. The number of hydrogen-bond acceptors (Lipinski definition) is 5. The molecule has 4 rings (SSSR count). The number of imidazole rings is 1. The van der Waals surface area contributed by atoms with Gasteiger partial charge in [-0.1, -0.05) is 6.07 Å². The fourth-order valence-corrected chi connectivity index (χ4v) is 5.35. The average molecular weight is 638 g/mol. The number of nitrogens with zero attached hydrogens (tertiary/aromatic N) is 4. The number of amides is 2. The Morgan fingerprint density at radius 1 is 1.09 bits per heavy atom. The molecule has 1 aromatic carbocycles. The highest BCUT2D eigenvalue weighted by atomic mass is 19.4. The maximum Gasteiger partial charge on any atom is 0.389 e. The number of fused-ring (bicyclic) bond motifs is 1. The number of benzene rings is 1. The number of halogens is 8. The number of aromatic amines is 1. The molecule has 0 spiro atoms. The average Bonchev–Trinajstić information content (AvgIpc) is 3.51. The zero-order valence-corrected chi connectivity index (χ0v) is 23.5. The van der Waals surface area contributed by atoms with E-state index in [9.17, 15) is 44.7 Å². The lowest BCUT2D eigenvalue weighted by atomic mass is 9.76.